The van der Waals surface area contributed by atoms with Crippen molar-refractivity contribution in [3.63, 3.8) is 0 Å². The average molecular weight is 477 g/mol. The van der Waals surface area contributed by atoms with Crippen LogP contribution >= 0.6 is 0 Å². The normalized spacial score (nSPS) is 17.1. The van der Waals surface area contributed by atoms with Crippen molar-refractivity contribution >= 4 is 29.0 Å². The van der Waals surface area contributed by atoms with Crippen LogP contribution in [0.5, 0.6) is 0 Å². The Morgan fingerprint density at radius 3 is 2.54 bits per heavy atom. The summed E-state index contributed by atoms with van der Waals surface area (Å²) in [6, 6.07) is 6.15. The summed E-state index contributed by atoms with van der Waals surface area (Å²) in [5.74, 6) is 1.68. The first-order valence-corrected chi connectivity index (χ1v) is 12.3. The van der Waals surface area contributed by atoms with E-state index in [1.807, 2.05) is 28.6 Å². The number of hydrazone groups is 1. The number of amides is 1. The summed E-state index contributed by atoms with van der Waals surface area (Å²) in [4.78, 5) is 26.8. The Hall–Kier alpha value is -3.62. The fourth-order valence-corrected chi connectivity index (χ4v) is 5.08. The number of carbonyl (C=O) groups is 2. The predicted molar refractivity (Wildman–Crippen MR) is 135 cm³/mol. The van der Waals surface area contributed by atoms with Crippen molar-refractivity contribution in [3.8, 4) is 11.5 Å². The van der Waals surface area contributed by atoms with Crippen molar-refractivity contribution in [3.05, 3.63) is 40.6 Å². The second kappa shape index (κ2) is 9.20. The zero-order valence-corrected chi connectivity index (χ0v) is 20.7. The number of hydrogen-bond donors (Lipinski definition) is 2. The average Bonchev–Trinajstić information content (AvgIpc) is 3.59. The van der Waals surface area contributed by atoms with E-state index in [0.717, 1.165) is 59.8 Å². The molecule has 9 heteroatoms. The summed E-state index contributed by atoms with van der Waals surface area (Å²) in [5.41, 5.74) is 7.38. The largest absolute Gasteiger partial charge is 0.454 e. The van der Waals surface area contributed by atoms with Crippen LogP contribution in [-0.2, 0) is 4.79 Å². The highest BCUT2D eigenvalue weighted by atomic mass is 16.3. The lowest BCUT2D eigenvalue weighted by molar-refractivity contribution is -0.133. The van der Waals surface area contributed by atoms with E-state index in [0.29, 0.717) is 35.9 Å². The van der Waals surface area contributed by atoms with Crippen LogP contribution in [0.2, 0.25) is 0 Å². The van der Waals surface area contributed by atoms with Crippen molar-refractivity contribution in [1.82, 2.24) is 25.4 Å². The minimum absolute atomic E-state index is 0.0303. The van der Waals surface area contributed by atoms with Gasteiger partial charge in [0.15, 0.2) is 17.9 Å². The Morgan fingerprint density at radius 2 is 1.91 bits per heavy atom. The number of nitrogens with one attached hydrogen (secondary N) is 2. The molecule has 2 aromatic heterocycles. The number of carbonyl (C=O) groups excluding carboxylic acids is 2. The number of likely N-dealkylation sites (tertiary alicyclic amines) is 1. The third-order valence-electron chi connectivity index (χ3n) is 7.10. The van der Waals surface area contributed by atoms with Gasteiger partial charge in [0.25, 0.3) is 0 Å². The fourth-order valence-electron chi connectivity index (χ4n) is 5.08. The Labute approximate surface area is 204 Å². The van der Waals surface area contributed by atoms with E-state index in [4.69, 9.17) is 9.52 Å². The molecule has 0 spiro atoms. The molecule has 1 amide bonds. The molecule has 5 rings (SSSR count). The summed E-state index contributed by atoms with van der Waals surface area (Å²) in [5, 5.41) is 13.3. The van der Waals surface area contributed by atoms with Gasteiger partial charge < -0.3 is 20.1 Å². The number of piperidine rings is 1. The topological polar surface area (TPSA) is 105 Å². The van der Waals surface area contributed by atoms with E-state index < -0.39 is 0 Å². The Morgan fingerprint density at radius 1 is 1.17 bits per heavy atom. The van der Waals surface area contributed by atoms with Crippen molar-refractivity contribution in [2.45, 2.75) is 45.6 Å². The van der Waals surface area contributed by atoms with Crippen LogP contribution in [0, 0.1) is 19.8 Å². The lowest BCUT2D eigenvalue weighted by atomic mass is 10.0. The van der Waals surface area contributed by atoms with E-state index >= 15 is 0 Å². The Bertz CT molecular complexity index is 1310. The summed E-state index contributed by atoms with van der Waals surface area (Å²) in [6.07, 6.45) is 4.32. The summed E-state index contributed by atoms with van der Waals surface area (Å²) >= 11 is 0. The molecule has 2 aliphatic rings. The second-order valence-electron chi connectivity index (χ2n) is 9.49. The highest BCUT2D eigenvalue weighted by Crippen LogP contribution is 2.39. The molecule has 35 heavy (non-hydrogen) atoms. The van der Waals surface area contributed by atoms with Crippen LogP contribution in [0.4, 0.5) is 0 Å². The minimum Gasteiger partial charge on any atom is -0.454 e. The first kappa shape index (κ1) is 23.1. The predicted octanol–water partition coefficient (Wildman–Crippen LogP) is 3.40. The standard InChI is InChI=1S/C26H32N6O3/c1-15-5-8-21-19(13-15)16(2)24(35-21)23-22(25(27-3)29-28-4)20(14-33)30-32(23)18-9-11-31(12-10-18)26(34)17-6-7-17/h5,8,13-14,17-18,28H,6-7,9-12H2,1-4H3,(H,27,29). The highest BCUT2D eigenvalue weighted by Gasteiger charge is 2.37. The van der Waals surface area contributed by atoms with Crippen molar-refractivity contribution in [1.29, 1.82) is 0 Å². The number of benzene rings is 1. The minimum atomic E-state index is 0.0303. The van der Waals surface area contributed by atoms with Gasteiger partial charge >= 0.3 is 0 Å². The molecular weight excluding hydrogens is 444 g/mol. The highest BCUT2D eigenvalue weighted by molar-refractivity contribution is 6.09. The molecule has 1 saturated carbocycles. The maximum Gasteiger partial charge on any atom is 0.225 e. The molecule has 2 fully saturated rings. The van der Waals surface area contributed by atoms with E-state index in [1.165, 1.54) is 0 Å². The number of furan rings is 1. The maximum absolute atomic E-state index is 12.6. The molecule has 9 nitrogen and oxygen atoms in total. The number of fused-ring (bicyclic) bond motifs is 1. The quantitative estimate of drug-likeness (QED) is 0.245. The van der Waals surface area contributed by atoms with Crippen LogP contribution in [0.15, 0.2) is 27.7 Å². The zero-order valence-electron chi connectivity index (χ0n) is 20.7. The first-order valence-electron chi connectivity index (χ1n) is 12.3. The van der Waals surface area contributed by atoms with Crippen LogP contribution < -0.4 is 10.7 Å². The molecule has 1 saturated heterocycles. The summed E-state index contributed by atoms with van der Waals surface area (Å²) in [7, 11) is 3.48. The molecule has 0 atom stereocenters. The maximum atomic E-state index is 12.6. The first-order chi connectivity index (χ1) is 17.0. The van der Waals surface area contributed by atoms with Crippen molar-refractivity contribution in [2.24, 2.45) is 11.0 Å². The SMILES string of the molecule is CN/N=C(/NC)c1c(C=O)nn(C2CCN(C(=O)C3CC3)CC2)c1-c1oc2ccc(C)cc2c1C. The number of aldehydes is 1. The smallest absolute Gasteiger partial charge is 0.225 e. The van der Waals surface area contributed by atoms with E-state index in [2.05, 4.69) is 28.8 Å². The van der Waals surface area contributed by atoms with Crippen LogP contribution in [0.3, 0.4) is 0 Å². The van der Waals surface area contributed by atoms with Crippen LogP contribution in [-0.4, -0.2) is 59.9 Å². The van der Waals surface area contributed by atoms with Gasteiger partial charge in [0.1, 0.15) is 17.0 Å². The monoisotopic (exact) mass is 476 g/mol. The van der Waals surface area contributed by atoms with E-state index in [1.54, 1.807) is 14.1 Å². The third-order valence-corrected chi connectivity index (χ3v) is 7.10. The third kappa shape index (κ3) is 4.09. The zero-order chi connectivity index (χ0) is 24.7. The molecule has 1 aromatic carbocycles. The van der Waals surface area contributed by atoms with Gasteiger partial charge in [0.2, 0.25) is 5.91 Å². The van der Waals surface area contributed by atoms with Gasteiger partial charge in [0.05, 0.1) is 11.6 Å². The Balaban J connectivity index is 1.63. The molecule has 2 N–H and O–H groups in total. The van der Waals surface area contributed by atoms with Gasteiger partial charge in [-0.2, -0.15) is 10.2 Å². The number of hydrogen-bond acceptors (Lipinski definition) is 6. The van der Waals surface area contributed by atoms with Gasteiger partial charge in [-0.15, -0.1) is 0 Å². The molecule has 1 aliphatic carbocycles. The van der Waals surface area contributed by atoms with E-state index in [9.17, 15) is 9.59 Å². The van der Waals surface area contributed by atoms with Gasteiger partial charge in [-0.3, -0.25) is 14.3 Å². The van der Waals surface area contributed by atoms with Gasteiger partial charge in [-0.05, 0) is 51.7 Å². The summed E-state index contributed by atoms with van der Waals surface area (Å²) < 4.78 is 8.33. The van der Waals surface area contributed by atoms with Crippen molar-refractivity contribution < 1.29 is 14.0 Å². The molecule has 0 unspecified atom stereocenters. The number of nitrogens with zero attached hydrogens (tertiary/aromatic N) is 4. The molecular formula is C26H32N6O3. The van der Waals surface area contributed by atoms with Crippen LogP contribution in [0.25, 0.3) is 22.4 Å². The van der Waals surface area contributed by atoms with Crippen molar-refractivity contribution in [2.75, 3.05) is 27.2 Å². The van der Waals surface area contributed by atoms with Gasteiger partial charge in [-0.1, -0.05) is 11.6 Å². The van der Waals surface area contributed by atoms with Gasteiger partial charge in [-0.25, -0.2) is 0 Å². The molecule has 3 aromatic rings. The molecule has 3 heterocycles. The molecule has 0 bridgehead atoms. The molecule has 0 radical (unpaired) electrons. The van der Waals surface area contributed by atoms with E-state index in [-0.39, 0.29) is 17.9 Å². The molecule has 1 aliphatic heterocycles. The number of rotatable bonds is 6. The lowest BCUT2D eigenvalue weighted by Crippen LogP contribution is -2.40. The van der Waals surface area contributed by atoms with Gasteiger partial charge in [0, 0.05) is 44.1 Å². The summed E-state index contributed by atoms with van der Waals surface area (Å²) in [6.45, 7) is 5.47. The number of amidine groups is 1. The molecule has 184 valence electrons. The van der Waals surface area contributed by atoms with Crippen LogP contribution in [0.1, 0.15) is 58.9 Å². The second-order valence-corrected chi connectivity index (χ2v) is 9.49. The number of aromatic nitrogens is 2. The number of aryl methyl sites for hydroxylation is 2. The fraction of sp³-hybridized carbons (Fsp3) is 0.462. The Kier molecular flexibility index (Phi) is 6.08. The lowest BCUT2D eigenvalue weighted by Gasteiger charge is -2.33.